The van der Waals surface area contributed by atoms with Crippen molar-refractivity contribution in [3.8, 4) is 6.01 Å². The molecule has 1 aliphatic carbocycles. The Hall–Kier alpha value is -2.44. The molecule has 3 rings (SSSR count). The highest BCUT2D eigenvalue weighted by atomic mass is 16.6. The van der Waals surface area contributed by atoms with Crippen LogP contribution in [0.1, 0.15) is 44.6 Å². The molecule has 2 heterocycles. The summed E-state index contributed by atoms with van der Waals surface area (Å²) in [4.78, 5) is 35.6. The average molecular weight is 303 g/mol. The van der Waals surface area contributed by atoms with Crippen LogP contribution in [-0.2, 0) is 6.42 Å². The summed E-state index contributed by atoms with van der Waals surface area (Å²) in [5, 5.41) is 4.28. The molecule has 0 bridgehead atoms. The van der Waals surface area contributed by atoms with Crippen molar-refractivity contribution < 1.29 is 9.25 Å². The van der Waals surface area contributed by atoms with E-state index >= 15 is 0 Å². The number of fused-ring (bicyclic) bond motifs is 1. The summed E-state index contributed by atoms with van der Waals surface area (Å²) < 4.78 is 5.03. The van der Waals surface area contributed by atoms with Crippen LogP contribution in [0.5, 0.6) is 6.01 Å². The minimum atomic E-state index is -0.526. The molecule has 7 nitrogen and oxygen atoms in total. The van der Waals surface area contributed by atoms with Crippen molar-refractivity contribution in [2.24, 2.45) is 5.16 Å². The van der Waals surface area contributed by atoms with E-state index in [1.165, 1.54) is 6.07 Å². The first-order valence-electron chi connectivity index (χ1n) is 7.47. The minimum Gasteiger partial charge on any atom is -0.403 e. The van der Waals surface area contributed by atoms with Gasteiger partial charge in [0.1, 0.15) is 5.39 Å². The van der Waals surface area contributed by atoms with Gasteiger partial charge in [-0.3, -0.25) is 9.78 Å². The van der Waals surface area contributed by atoms with Crippen molar-refractivity contribution in [3.63, 3.8) is 0 Å². The quantitative estimate of drug-likeness (QED) is 0.873. The van der Waals surface area contributed by atoms with Crippen LogP contribution in [0, 0.1) is 0 Å². The summed E-state index contributed by atoms with van der Waals surface area (Å²) in [5.74, 6) is 0. The molecule has 22 heavy (non-hydrogen) atoms. The maximum Gasteiger partial charge on any atom is 0.337 e. The molecule has 2 aromatic rings. The normalized spacial score (nSPS) is 14.5. The summed E-state index contributed by atoms with van der Waals surface area (Å²) >= 11 is 0. The molecule has 116 valence electrons. The Balaban J connectivity index is 2.02. The first-order valence-corrected chi connectivity index (χ1v) is 7.47. The zero-order valence-corrected chi connectivity index (χ0v) is 12.3. The fourth-order valence-corrected chi connectivity index (χ4v) is 2.62. The van der Waals surface area contributed by atoms with Crippen molar-refractivity contribution in [2.45, 2.75) is 45.4 Å². The number of aromatic nitrogens is 2. The molecule has 0 aromatic carbocycles. The smallest absolute Gasteiger partial charge is 0.337 e. The fourth-order valence-electron chi connectivity index (χ4n) is 2.62. The molecule has 0 unspecified atom stereocenters. The SMILES string of the molecule is CCCc1cc(=O)oc2nc(ON=C3CCCC3)[nH]c(=O)c12. The first-order chi connectivity index (χ1) is 10.7. The van der Waals surface area contributed by atoms with Crippen molar-refractivity contribution in [1.82, 2.24) is 9.97 Å². The molecule has 0 aliphatic heterocycles. The standard InChI is InChI=1S/C15H17N3O4/c1-2-5-9-8-11(19)21-14-12(9)13(20)16-15(17-14)22-18-10-6-3-4-7-10/h8H,2-7H2,1H3,(H,16,17,20). The second-order valence-electron chi connectivity index (χ2n) is 5.35. The fraction of sp³-hybridized carbons (Fsp3) is 0.467. The van der Waals surface area contributed by atoms with E-state index < -0.39 is 5.63 Å². The highest BCUT2D eigenvalue weighted by Crippen LogP contribution is 2.17. The Labute approximate surface area is 126 Å². The second kappa shape index (κ2) is 6.13. The molecule has 0 amide bonds. The van der Waals surface area contributed by atoms with Gasteiger partial charge in [0.2, 0.25) is 5.71 Å². The van der Waals surface area contributed by atoms with Crippen molar-refractivity contribution >= 4 is 16.8 Å². The molecule has 2 aromatic heterocycles. The molecule has 1 fully saturated rings. The Bertz CT molecular complexity index is 827. The van der Waals surface area contributed by atoms with Gasteiger partial charge in [-0.1, -0.05) is 18.5 Å². The van der Waals surface area contributed by atoms with Gasteiger partial charge < -0.3 is 9.25 Å². The minimum absolute atomic E-state index is 0.0127. The molecule has 0 saturated heterocycles. The van der Waals surface area contributed by atoms with E-state index in [1.807, 2.05) is 6.92 Å². The van der Waals surface area contributed by atoms with E-state index in [-0.39, 0.29) is 17.3 Å². The molecule has 1 N–H and O–H groups in total. The first kappa shape index (κ1) is 14.5. The third-order valence-electron chi connectivity index (χ3n) is 3.64. The number of hydrogen-bond donors (Lipinski definition) is 1. The van der Waals surface area contributed by atoms with Crippen LogP contribution in [-0.4, -0.2) is 15.7 Å². The van der Waals surface area contributed by atoms with E-state index in [1.54, 1.807) is 0 Å². The van der Waals surface area contributed by atoms with Crippen molar-refractivity contribution in [3.05, 3.63) is 32.4 Å². The lowest BCUT2D eigenvalue weighted by Crippen LogP contribution is -2.14. The zero-order valence-electron chi connectivity index (χ0n) is 12.3. The highest BCUT2D eigenvalue weighted by Gasteiger charge is 2.14. The second-order valence-corrected chi connectivity index (χ2v) is 5.35. The zero-order chi connectivity index (χ0) is 15.5. The van der Waals surface area contributed by atoms with Gasteiger partial charge in [0.25, 0.3) is 5.56 Å². The number of rotatable bonds is 4. The maximum absolute atomic E-state index is 12.2. The van der Waals surface area contributed by atoms with Gasteiger partial charge in [-0.05, 0) is 37.7 Å². The Morgan fingerprint density at radius 1 is 1.36 bits per heavy atom. The van der Waals surface area contributed by atoms with E-state index in [4.69, 9.17) is 9.25 Å². The summed E-state index contributed by atoms with van der Waals surface area (Å²) in [6.45, 7) is 1.97. The number of oxime groups is 1. The predicted molar refractivity (Wildman–Crippen MR) is 81.4 cm³/mol. The van der Waals surface area contributed by atoms with Crippen molar-refractivity contribution in [2.75, 3.05) is 0 Å². The largest absolute Gasteiger partial charge is 0.403 e. The lowest BCUT2D eigenvalue weighted by molar-refractivity contribution is 0.309. The highest BCUT2D eigenvalue weighted by molar-refractivity contribution is 5.85. The number of hydrogen-bond acceptors (Lipinski definition) is 6. The van der Waals surface area contributed by atoms with E-state index in [9.17, 15) is 9.59 Å². The average Bonchev–Trinajstić information content (AvgIpc) is 2.97. The van der Waals surface area contributed by atoms with Gasteiger partial charge in [-0.15, -0.1) is 0 Å². The lowest BCUT2D eigenvalue weighted by atomic mass is 10.1. The molecule has 0 spiro atoms. The topological polar surface area (TPSA) is 97.5 Å². The Kier molecular flexibility index (Phi) is 4.04. The summed E-state index contributed by atoms with van der Waals surface area (Å²) in [7, 11) is 0. The van der Waals surface area contributed by atoms with Gasteiger partial charge in [-0.25, -0.2) is 4.79 Å². The third-order valence-corrected chi connectivity index (χ3v) is 3.64. The Morgan fingerprint density at radius 2 is 2.14 bits per heavy atom. The van der Waals surface area contributed by atoms with Gasteiger partial charge in [0, 0.05) is 6.07 Å². The van der Waals surface area contributed by atoms with Gasteiger partial charge in [-0.2, -0.15) is 4.98 Å². The third kappa shape index (κ3) is 2.93. The number of aromatic amines is 1. The number of nitrogens with zero attached hydrogens (tertiary/aromatic N) is 2. The van der Waals surface area contributed by atoms with Crippen LogP contribution in [0.3, 0.4) is 0 Å². The van der Waals surface area contributed by atoms with Crippen LogP contribution in [0.4, 0.5) is 0 Å². The molecular weight excluding hydrogens is 286 g/mol. The van der Waals surface area contributed by atoms with E-state index in [0.29, 0.717) is 17.4 Å². The van der Waals surface area contributed by atoms with Gasteiger partial charge in [0.15, 0.2) is 0 Å². The molecule has 7 heteroatoms. The van der Waals surface area contributed by atoms with Crippen LogP contribution >= 0.6 is 0 Å². The summed E-state index contributed by atoms with van der Waals surface area (Å²) in [5.41, 5.74) is 0.655. The molecular formula is C15H17N3O4. The van der Waals surface area contributed by atoms with E-state index in [0.717, 1.165) is 37.8 Å². The molecule has 1 saturated carbocycles. The van der Waals surface area contributed by atoms with Gasteiger partial charge in [0.05, 0.1) is 5.71 Å². The number of H-pyrrole nitrogens is 1. The molecule has 1 aliphatic rings. The number of nitrogens with one attached hydrogen (secondary N) is 1. The lowest BCUT2D eigenvalue weighted by Gasteiger charge is -2.04. The summed E-state index contributed by atoms with van der Waals surface area (Å²) in [6, 6.07) is 1.27. The van der Waals surface area contributed by atoms with Gasteiger partial charge >= 0.3 is 11.6 Å². The van der Waals surface area contributed by atoms with Crippen molar-refractivity contribution in [1.29, 1.82) is 0 Å². The van der Waals surface area contributed by atoms with Crippen LogP contribution in [0.25, 0.3) is 11.1 Å². The van der Waals surface area contributed by atoms with E-state index in [2.05, 4.69) is 15.1 Å². The number of aryl methyl sites for hydroxylation is 1. The van der Waals surface area contributed by atoms with Crippen LogP contribution in [0.2, 0.25) is 0 Å². The molecule has 0 atom stereocenters. The molecule has 0 radical (unpaired) electrons. The van der Waals surface area contributed by atoms with Crippen LogP contribution in [0.15, 0.2) is 25.2 Å². The maximum atomic E-state index is 12.2. The Morgan fingerprint density at radius 3 is 2.86 bits per heavy atom. The van der Waals surface area contributed by atoms with Crippen LogP contribution < -0.4 is 16.0 Å². The predicted octanol–water partition coefficient (Wildman–Crippen LogP) is 2.14. The monoisotopic (exact) mass is 303 g/mol. The summed E-state index contributed by atoms with van der Waals surface area (Å²) in [6.07, 6.45) is 5.40.